The average molecular weight is 299 g/mol. The van der Waals surface area contributed by atoms with Crippen LogP contribution in [-0.4, -0.2) is 27.4 Å². The van der Waals surface area contributed by atoms with Crippen LogP contribution in [0.1, 0.15) is 17.4 Å². The average Bonchev–Trinajstić information content (AvgIpc) is 3.14. The van der Waals surface area contributed by atoms with Gasteiger partial charge in [0.2, 0.25) is 5.91 Å². The van der Waals surface area contributed by atoms with E-state index in [2.05, 4.69) is 25.6 Å². The van der Waals surface area contributed by atoms with Gasteiger partial charge in [0.15, 0.2) is 0 Å². The Balaban J connectivity index is 1.58. The zero-order valence-electron chi connectivity index (χ0n) is 11.1. The number of carbonyl (C=O) groups excluding carboxylic acids is 1. The highest BCUT2D eigenvalue weighted by atomic mass is 32.1. The third-order valence-corrected chi connectivity index (χ3v) is 4.42. The third kappa shape index (κ3) is 2.20. The molecule has 0 saturated carbocycles. The van der Waals surface area contributed by atoms with Crippen molar-refractivity contribution in [3.05, 3.63) is 41.4 Å². The second kappa shape index (κ2) is 4.94. The molecule has 7 heteroatoms. The summed E-state index contributed by atoms with van der Waals surface area (Å²) in [7, 11) is 0. The first-order chi connectivity index (χ1) is 10.3. The molecule has 3 N–H and O–H groups in total. The van der Waals surface area contributed by atoms with Gasteiger partial charge in [-0.15, -0.1) is 11.3 Å². The van der Waals surface area contributed by atoms with Crippen LogP contribution in [0.3, 0.4) is 0 Å². The highest BCUT2D eigenvalue weighted by molar-refractivity contribution is 7.16. The lowest BCUT2D eigenvalue weighted by Crippen LogP contribution is -2.38. The predicted molar refractivity (Wildman–Crippen MR) is 81.3 cm³/mol. The molecule has 4 rings (SSSR count). The van der Waals surface area contributed by atoms with E-state index in [-0.39, 0.29) is 5.91 Å². The fourth-order valence-electron chi connectivity index (χ4n) is 2.59. The molecule has 2 aromatic heterocycles. The van der Waals surface area contributed by atoms with E-state index < -0.39 is 6.04 Å². The van der Waals surface area contributed by atoms with E-state index >= 15 is 0 Å². The van der Waals surface area contributed by atoms with Gasteiger partial charge in [0.05, 0.1) is 27.7 Å². The maximum absolute atomic E-state index is 12.5. The summed E-state index contributed by atoms with van der Waals surface area (Å²) in [6.07, 6.45) is 2.50. The number of anilines is 1. The van der Waals surface area contributed by atoms with Crippen LogP contribution >= 0.6 is 11.3 Å². The second-order valence-corrected chi connectivity index (χ2v) is 5.81. The number of aromatic nitrogens is 3. The van der Waals surface area contributed by atoms with Crippen LogP contribution in [-0.2, 0) is 11.2 Å². The number of thiazole rings is 1. The number of imidazole rings is 1. The van der Waals surface area contributed by atoms with Gasteiger partial charge in [0, 0.05) is 24.3 Å². The van der Waals surface area contributed by atoms with Crippen LogP contribution in [0.15, 0.2) is 30.0 Å². The first kappa shape index (κ1) is 12.5. The van der Waals surface area contributed by atoms with Crippen molar-refractivity contribution in [2.75, 3.05) is 11.9 Å². The number of hydrogen-bond acceptors (Lipinski definition) is 5. The third-order valence-electron chi connectivity index (χ3n) is 3.61. The van der Waals surface area contributed by atoms with Crippen LogP contribution in [0.25, 0.3) is 10.2 Å². The maximum atomic E-state index is 12.5. The zero-order chi connectivity index (χ0) is 14.2. The largest absolute Gasteiger partial charge is 0.348 e. The van der Waals surface area contributed by atoms with Crippen LogP contribution in [0.4, 0.5) is 5.69 Å². The van der Waals surface area contributed by atoms with Crippen LogP contribution in [0, 0.1) is 0 Å². The minimum Gasteiger partial charge on any atom is -0.348 e. The second-order valence-electron chi connectivity index (χ2n) is 4.93. The van der Waals surface area contributed by atoms with Crippen molar-refractivity contribution in [1.29, 1.82) is 0 Å². The fraction of sp³-hybridized carbons (Fsp3) is 0.214. The van der Waals surface area contributed by atoms with Crippen molar-refractivity contribution in [3.8, 4) is 0 Å². The molecular weight excluding hydrogens is 286 g/mol. The smallest absolute Gasteiger partial charge is 0.247 e. The Morgan fingerprint density at radius 2 is 2.33 bits per heavy atom. The molecule has 1 aliphatic rings. The first-order valence-electron chi connectivity index (χ1n) is 6.71. The molecule has 1 amide bonds. The van der Waals surface area contributed by atoms with Crippen LogP contribution in [0.5, 0.6) is 0 Å². The number of aromatic amines is 1. The minimum absolute atomic E-state index is 0.0994. The molecule has 0 spiro atoms. The number of carbonyl (C=O) groups is 1. The fourth-order valence-corrected chi connectivity index (χ4v) is 3.24. The summed E-state index contributed by atoms with van der Waals surface area (Å²) in [6, 6.07) is 5.34. The van der Waals surface area contributed by atoms with Crippen LogP contribution in [0.2, 0.25) is 0 Å². The molecule has 21 heavy (non-hydrogen) atoms. The van der Waals surface area contributed by atoms with E-state index in [1.165, 1.54) is 0 Å². The highest BCUT2D eigenvalue weighted by Crippen LogP contribution is 2.24. The van der Waals surface area contributed by atoms with Gasteiger partial charge in [-0.2, -0.15) is 0 Å². The van der Waals surface area contributed by atoms with Gasteiger partial charge < -0.3 is 15.6 Å². The Kier molecular flexibility index (Phi) is 2.94. The van der Waals surface area contributed by atoms with E-state index in [0.29, 0.717) is 0 Å². The van der Waals surface area contributed by atoms with Crippen LogP contribution < -0.4 is 10.6 Å². The lowest BCUT2D eigenvalue weighted by molar-refractivity contribution is -0.118. The van der Waals surface area contributed by atoms with Gasteiger partial charge in [0.1, 0.15) is 6.04 Å². The van der Waals surface area contributed by atoms with Crippen molar-refractivity contribution in [2.24, 2.45) is 0 Å². The van der Waals surface area contributed by atoms with Gasteiger partial charge in [-0.3, -0.25) is 4.79 Å². The normalized spacial score (nSPS) is 17.6. The molecule has 6 nitrogen and oxygen atoms in total. The molecule has 0 saturated heterocycles. The molecule has 1 unspecified atom stereocenters. The molecule has 1 aromatic carbocycles. The number of amides is 1. The lowest BCUT2D eigenvalue weighted by atomic mass is 10.0. The number of rotatable bonds is 2. The number of H-pyrrole nitrogens is 1. The molecule has 106 valence electrons. The van der Waals surface area contributed by atoms with Gasteiger partial charge in [0.25, 0.3) is 0 Å². The summed E-state index contributed by atoms with van der Waals surface area (Å²) in [5.41, 5.74) is 5.27. The number of nitrogens with zero attached hydrogens (tertiary/aromatic N) is 2. The Morgan fingerprint density at radius 3 is 3.29 bits per heavy atom. The van der Waals surface area contributed by atoms with Crippen molar-refractivity contribution < 1.29 is 4.79 Å². The van der Waals surface area contributed by atoms with Gasteiger partial charge in [-0.1, -0.05) is 0 Å². The number of benzene rings is 1. The molecule has 0 bridgehead atoms. The van der Waals surface area contributed by atoms with E-state index in [0.717, 1.165) is 40.3 Å². The molecule has 3 aromatic rings. The standard InChI is InChI=1S/C14H13N5OS/c20-14(13-12-9(3-4-15-13)16-6-17-12)19-8-1-2-11-10(5-8)18-7-21-11/h1-2,5-7,13,15H,3-4H2,(H,16,17)(H,19,20). The van der Waals surface area contributed by atoms with Gasteiger partial charge in [-0.25, -0.2) is 9.97 Å². The predicted octanol–water partition coefficient (Wildman–Crippen LogP) is 1.84. The number of fused-ring (bicyclic) bond motifs is 2. The van der Waals surface area contributed by atoms with E-state index in [4.69, 9.17) is 0 Å². The monoisotopic (exact) mass is 299 g/mol. The van der Waals surface area contributed by atoms with E-state index in [1.807, 2.05) is 18.2 Å². The Labute approximate surface area is 124 Å². The first-order valence-corrected chi connectivity index (χ1v) is 7.59. The van der Waals surface area contributed by atoms with Gasteiger partial charge in [-0.05, 0) is 18.2 Å². The minimum atomic E-state index is -0.411. The van der Waals surface area contributed by atoms with E-state index in [1.54, 1.807) is 23.2 Å². The molecule has 0 fully saturated rings. The van der Waals surface area contributed by atoms with Crippen molar-refractivity contribution in [2.45, 2.75) is 12.5 Å². The summed E-state index contributed by atoms with van der Waals surface area (Å²) in [4.78, 5) is 24.1. The quantitative estimate of drug-likeness (QED) is 0.674. The SMILES string of the molecule is O=C(Nc1ccc2scnc2c1)C1NCCc2[nH]cnc21. The molecule has 0 radical (unpaired) electrons. The summed E-state index contributed by atoms with van der Waals surface area (Å²) < 4.78 is 1.11. The molecule has 0 aliphatic carbocycles. The van der Waals surface area contributed by atoms with Crippen molar-refractivity contribution in [3.63, 3.8) is 0 Å². The Morgan fingerprint density at radius 1 is 1.38 bits per heavy atom. The molecule has 1 atom stereocenters. The Bertz CT molecular complexity index is 808. The molecule has 1 aliphatic heterocycles. The molecule has 3 heterocycles. The van der Waals surface area contributed by atoms with Crippen molar-refractivity contribution in [1.82, 2.24) is 20.3 Å². The maximum Gasteiger partial charge on any atom is 0.247 e. The van der Waals surface area contributed by atoms with E-state index in [9.17, 15) is 4.79 Å². The molecular formula is C14H13N5OS. The summed E-state index contributed by atoms with van der Waals surface area (Å²) in [5, 5.41) is 6.14. The zero-order valence-corrected chi connectivity index (χ0v) is 11.9. The summed E-state index contributed by atoms with van der Waals surface area (Å²) in [6.45, 7) is 0.762. The summed E-state index contributed by atoms with van der Waals surface area (Å²) in [5.74, 6) is -0.0994. The lowest BCUT2D eigenvalue weighted by Gasteiger charge is -2.22. The van der Waals surface area contributed by atoms with Crippen molar-refractivity contribution >= 4 is 33.1 Å². The Hall–Kier alpha value is -2.25. The number of nitrogens with one attached hydrogen (secondary N) is 3. The van der Waals surface area contributed by atoms with Gasteiger partial charge >= 0.3 is 0 Å². The summed E-state index contributed by atoms with van der Waals surface area (Å²) >= 11 is 1.58. The highest BCUT2D eigenvalue weighted by Gasteiger charge is 2.28. The number of hydrogen-bond donors (Lipinski definition) is 3. The topological polar surface area (TPSA) is 82.7 Å².